The number of carbonyl (C=O) groups is 1. The lowest BCUT2D eigenvalue weighted by molar-refractivity contribution is 0.0697. The third-order valence-corrected chi connectivity index (χ3v) is 7.03. The molecule has 8 nitrogen and oxygen atoms in total. The average Bonchev–Trinajstić information content (AvgIpc) is 3.11. The molecule has 0 aliphatic heterocycles. The summed E-state index contributed by atoms with van der Waals surface area (Å²) in [5.74, 6) is -0.386. The lowest BCUT2D eigenvalue weighted by Gasteiger charge is -2.32. The quantitative estimate of drug-likeness (QED) is 0.329. The van der Waals surface area contributed by atoms with Gasteiger partial charge in [0.05, 0.1) is 33.2 Å². The van der Waals surface area contributed by atoms with E-state index < -0.39 is 5.97 Å². The maximum absolute atomic E-state index is 13.1. The van der Waals surface area contributed by atoms with E-state index in [0.29, 0.717) is 39.1 Å². The van der Waals surface area contributed by atoms with Gasteiger partial charge in [0.2, 0.25) is 0 Å². The molecular formula is C25H23Cl2N5O3. The number of aromatic amines is 1. The molecule has 0 saturated carbocycles. The first-order valence-electron chi connectivity index (χ1n) is 11.2. The van der Waals surface area contributed by atoms with Crippen LogP contribution in [0.25, 0.3) is 11.0 Å². The summed E-state index contributed by atoms with van der Waals surface area (Å²) in [7, 11) is 0. The highest BCUT2D eigenvalue weighted by Crippen LogP contribution is 2.41. The number of carboxylic acid groups (broad SMARTS) is 1. The molecule has 0 fully saturated rings. The number of nitrogens with one attached hydrogen (secondary N) is 2. The van der Waals surface area contributed by atoms with Crippen LogP contribution in [-0.4, -0.2) is 30.8 Å². The third kappa shape index (κ3) is 4.39. The Morgan fingerprint density at radius 2 is 1.86 bits per heavy atom. The van der Waals surface area contributed by atoms with Crippen LogP contribution in [0.1, 0.15) is 47.3 Å². The van der Waals surface area contributed by atoms with Gasteiger partial charge in [-0.15, -0.1) is 0 Å². The predicted octanol–water partition coefficient (Wildman–Crippen LogP) is 5.43. The van der Waals surface area contributed by atoms with Crippen LogP contribution in [0, 0.1) is 5.41 Å². The molecule has 0 bridgehead atoms. The molecule has 0 atom stereocenters. The van der Waals surface area contributed by atoms with Gasteiger partial charge in [0.25, 0.3) is 5.56 Å². The topological polar surface area (TPSA) is 113 Å². The molecule has 35 heavy (non-hydrogen) atoms. The Labute approximate surface area is 210 Å². The van der Waals surface area contributed by atoms with Crippen molar-refractivity contribution in [3.8, 4) is 0 Å². The summed E-state index contributed by atoms with van der Waals surface area (Å²) in [6, 6.07) is 6.54. The Morgan fingerprint density at radius 1 is 1.17 bits per heavy atom. The van der Waals surface area contributed by atoms with Crippen LogP contribution in [0.2, 0.25) is 10.0 Å². The zero-order valence-electron chi connectivity index (χ0n) is 19.2. The fraction of sp³-hybridized carbons (Fsp3) is 0.280. The number of H-pyrrole nitrogens is 1. The van der Waals surface area contributed by atoms with E-state index in [1.807, 2.05) is 0 Å². The van der Waals surface area contributed by atoms with Crippen molar-refractivity contribution in [2.45, 2.75) is 39.7 Å². The Morgan fingerprint density at radius 3 is 2.51 bits per heavy atom. The van der Waals surface area contributed by atoms with Gasteiger partial charge in [-0.1, -0.05) is 49.2 Å². The Hall–Kier alpha value is -3.36. The van der Waals surface area contributed by atoms with Gasteiger partial charge in [-0.05, 0) is 53.5 Å². The summed E-state index contributed by atoms with van der Waals surface area (Å²) in [4.78, 5) is 33.2. The van der Waals surface area contributed by atoms with Crippen LogP contribution in [0.4, 0.5) is 11.5 Å². The first-order valence-corrected chi connectivity index (χ1v) is 11.9. The SMILES string of the molecule is CC1(C)CCc2c(Nc3c(Cl)cncc3Cl)nc3c(c2C1)c(=O)[nH]n3Cc1ccc(C(=O)O)cc1. The fourth-order valence-corrected chi connectivity index (χ4v) is 5.08. The van der Waals surface area contributed by atoms with E-state index in [4.69, 9.17) is 33.3 Å². The van der Waals surface area contributed by atoms with Gasteiger partial charge < -0.3 is 10.4 Å². The summed E-state index contributed by atoms with van der Waals surface area (Å²) in [5, 5.41) is 16.7. The van der Waals surface area contributed by atoms with Gasteiger partial charge in [-0.25, -0.2) is 9.78 Å². The number of carboxylic acids is 1. The average molecular weight is 512 g/mol. The molecule has 1 aliphatic rings. The van der Waals surface area contributed by atoms with E-state index in [2.05, 4.69) is 29.2 Å². The van der Waals surface area contributed by atoms with E-state index in [1.54, 1.807) is 28.9 Å². The molecule has 0 saturated heterocycles. The van der Waals surface area contributed by atoms with Gasteiger partial charge in [-0.2, -0.15) is 0 Å². The molecule has 1 aromatic carbocycles. The number of hydrogen-bond acceptors (Lipinski definition) is 5. The number of rotatable bonds is 5. The Kier molecular flexibility index (Phi) is 5.81. The molecule has 5 rings (SSSR count). The highest BCUT2D eigenvalue weighted by atomic mass is 35.5. The molecule has 3 N–H and O–H groups in total. The minimum Gasteiger partial charge on any atom is -0.478 e. The number of nitrogens with zero attached hydrogens (tertiary/aromatic N) is 3. The highest BCUT2D eigenvalue weighted by Gasteiger charge is 2.31. The normalized spacial score (nSPS) is 14.6. The zero-order valence-corrected chi connectivity index (χ0v) is 20.7. The predicted molar refractivity (Wildman–Crippen MR) is 136 cm³/mol. The third-order valence-electron chi connectivity index (χ3n) is 6.46. The number of aromatic carboxylic acids is 1. The second-order valence-corrected chi connectivity index (χ2v) is 10.4. The maximum atomic E-state index is 13.1. The molecule has 4 aromatic rings. The van der Waals surface area contributed by atoms with E-state index in [0.717, 1.165) is 36.0 Å². The largest absolute Gasteiger partial charge is 0.478 e. The number of anilines is 2. The smallest absolute Gasteiger partial charge is 0.335 e. The van der Waals surface area contributed by atoms with E-state index in [9.17, 15) is 9.59 Å². The van der Waals surface area contributed by atoms with Gasteiger partial charge >= 0.3 is 5.97 Å². The van der Waals surface area contributed by atoms with Crippen molar-refractivity contribution in [1.82, 2.24) is 19.7 Å². The fourth-order valence-electron chi connectivity index (χ4n) is 4.62. The zero-order chi connectivity index (χ0) is 24.9. The van der Waals surface area contributed by atoms with Crippen molar-refractivity contribution in [3.63, 3.8) is 0 Å². The van der Waals surface area contributed by atoms with Crippen molar-refractivity contribution in [1.29, 1.82) is 0 Å². The summed E-state index contributed by atoms with van der Waals surface area (Å²) < 4.78 is 1.69. The van der Waals surface area contributed by atoms with Crippen LogP contribution in [-0.2, 0) is 19.4 Å². The van der Waals surface area contributed by atoms with Crippen LogP contribution in [0.5, 0.6) is 0 Å². The monoisotopic (exact) mass is 511 g/mol. The van der Waals surface area contributed by atoms with Crippen molar-refractivity contribution in [2.24, 2.45) is 5.41 Å². The number of halogens is 2. The Bertz CT molecular complexity index is 1500. The molecule has 0 unspecified atom stereocenters. The summed E-state index contributed by atoms with van der Waals surface area (Å²) in [6.07, 6.45) is 5.46. The molecule has 0 spiro atoms. The summed E-state index contributed by atoms with van der Waals surface area (Å²) in [6.45, 7) is 4.71. The van der Waals surface area contributed by atoms with E-state index in [-0.39, 0.29) is 16.5 Å². The van der Waals surface area contributed by atoms with Crippen molar-refractivity contribution >= 4 is 51.7 Å². The molecule has 10 heteroatoms. The minimum atomic E-state index is -0.989. The standard InChI is InChI=1S/C25H23Cl2N5O3/c1-25(2)8-7-15-16(9-25)19-22(30-21(15)29-20-17(26)10-28-11-18(20)27)32(31-23(19)33)12-13-3-5-14(6-4-13)24(34)35/h3-6,10-11H,7-9,12H2,1-2H3,(H,31,33)(H,34,35)(H,28,29,30). The lowest BCUT2D eigenvalue weighted by atomic mass is 9.74. The lowest BCUT2D eigenvalue weighted by Crippen LogP contribution is -2.24. The first-order chi connectivity index (χ1) is 16.6. The van der Waals surface area contributed by atoms with Gasteiger partial charge in [0, 0.05) is 12.4 Å². The number of benzene rings is 1. The summed E-state index contributed by atoms with van der Waals surface area (Å²) in [5.41, 5.74) is 3.84. The van der Waals surface area contributed by atoms with Crippen LogP contribution in [0.3, 0.4) is 0 Å². The first kappa shape index (κ1) is 23.4. The van der Waals surface area contributed by atoms with Gasteiger partial charge in [0.1, 0.15) is 5.82 Å². The van der Waals surface area contributed by atoms with Crippen molar-refractivity contribution in [2.75, 3.05) is 5.32 Å². The molecule has 3 heterocycles. The van der Waals surface area contributed by atoms with Gasteiger partial charge in [-0.3, -0.25) is 19.6 Å². The summed E-state index contributed by atoms with van der Waals surface area (Å²) >= 11 is 12.7. The molecule has 0 amide bonds. The highest BCUT2D eigenvalue weighted by molar-refractivity contribution is 6.39. The Balaban J connectivity index is 1.66. The van der Waals surface area contributed by atoms with E-state index in [1.165, 1.54) is 12.4 Å². The minimum absolute atomic E-state index is 0.0334. The van der Waals surface area contributed by atoms with Crippen LogP contribution in [0.15, 0.2) is 41.5 Å². The van der Waals surface area contributed by atoms with E-state index >= 15 is 0 Å². The van der Waals surface area contributed by atoms with Crippen LogP contribution < -0.4 is 10.9 Å². The molecule has 180 valence electrons. The molecule has 1 aliphatic carbocycles. The molecule has 0 radical (unpaired) electrons. The van der Waals surface area contributed by atoms with Crippen LogP contribution >= 0.6 is 23.2 Å². The second-order valence-electron chi connectivity index (χ2n) is 9.59. The number of hydrogen-bond donors (Lipinski definition) is 3. The number of pyridine rings is 2. The van der Waals surface area contributed by atoms with Crippen molar-refractivity contribution < 1.29 is 9.90 Å². The number of aromatic nitrogens is 4. The number of fused-ring (bicyclic) bond motifs is 3. The van der Waals surface area contributed by atoms with Crippen molar-refractivity contribution in [3.05, 3.63) is 79.3 Å². The molecular weight excluding hydrogens is 489 g/mol. The maximum Gasteiger partial charge on any atom is 0.335 e. The second kappa shape index (κ2) is 8.70. The molecule has 3 aromatic heterocycles. The van der Waals surface area contributed by atoms with Gasteiger partial charge in [0.15, 0.2) is 5.65 Å².